The van der Waals surface area contributed by atoms with Gasteiger partial charge in [0.1, 0.15) is 11.4 Å². The number of anilines is 2. The first kappa shape index (κ1) is 22.6. The Labute approximate surface area is 212 Å². The predicted octanol–water partition coefficient (Wildman–Crippen LogP) is 5.13. The summed E-state index contributed by atoms with van der Waals surface area (Å²) in [4.78, 5) is 31.3. The molecule has 0 spiro atoms. The number of benzene rings is 2. The van der Waals surface area contributed by atoms with Crippen LogP contribution in [0.15, 0.2) is 65.6 Å². The first-order valence-electron chi connectivity index (χ1n) is 11.9. The second-order valence-corrected chi connectivity index (χ2v) is 9.28. The topological polar surface area (TPSA) is 98.9 Å². The zero-order chi connectivity index (χ0) is 24.6. The lowest BCUT2D eigenvalue weighted by Gasteiger charge is -2.28. The molecule has 3 N–H and O–H groups in total. The molecule has 0 aliphatic carbocycles. The molecule has 2 aromatic carbocycles. The molecule has 1 fully saturated rings. The molecule has 0 bridgehead atoms. The van der Waals surface area contributed by atoms with E-state index >= 15 is 0 Å². The number of H-pyrrole nitrogens is 2. The number of imidazole rings is 1. The van der Waals surface area contributed by atoms with E-state index in [0.29, 0.717) is 40.8 Å². The lowest BCUT2D eigenvalue weighted by atomic mass is 10.1. The van der Waals surface area contributed by atoms with Gasteiger partial charge in [-0.25, -0.2) is 4.98 Å². The van der Waals surface area contributed by atoms with Crippen molar-refractivity contribution in [3.63, 3.8) is 0 Å². The number of fused-ring (bicyclic) bond motifs is 2. The molecule has 6 rings (SSSR count). The number of hydrogen-bond donors (Lipinski definition) is 3. The summed E-state index contributed by atoms with van der Waals surface area (Å²) in [6.45, 7) is 5.11. The van der Waals surface area contributed by atoms with Crippen LogP contribution in [-0.2, 0) is 4.74 Å². The van der Waals surface area contributed by atoms with Crippen LogP contribution in [0.4, 0.5) is 11.4 Å². The Morgan fingerprint density at radius 3 is 2.72 bits per heavy atom. The Bertz CT molecular complexity index is 1610. The molecular weight excluding hydrogens is 476 g/mol. The average Bonchev–Trinajstić information content (AvgIpc) is 3.32. The van der Waals surface area contributed by atoms with Crippen LogP contribution in [0, 0.1) is 0 Å². The lowest BCUT2D eigenvalue weighted by Crippen LogP contribution is -2.36. The van der Waals surface area contributed by atoms with Crippen molar-refractivity contribution in [2.45, 2.75) is 13.0 Å². The summed E-state index contributed by atoms with van der Waals surface area (Å²) in [7, 11) is 0. The lowest BCUT2D eigenvalue weighted by molar-refractivity contribution is 0.122. The van der Waals surface area contributed by atoms with Gasteiger partial charge in [-0.1, -0.05) is 23.7 Å². The summed E-state index contributed by atoms with van der Waals surface area (Å²) < 4.78 is 5.48. The van der Waals surface area contributed by atoms with Crippen molar-refractivity contribution in [3.05, 3.63) is 81.9 Å². The Morgan fingerprint density at radius 2 is 1.92 bits per heavy atom. The molecule has 9 heteroatoms. The SMILES string of the molecule is CC(Nc1c(-c2nc3ccc(N4CCOCC4)cc3[nH]2)c(=O)[nH]c2cccc(Cl)c12)c1ccccn1. The Balaban J connectivity index is 1.50. The standard InChI is InChI=1S/C27H25ClN6O2/c1-16(19-6-2-3-10-29-19)30-25-23-18(28)5-4-7-21(23)33-27(35)24(25)26-31-20-9-8-17(15-22(20)32-26)34-11-13-36-14-12-34/h2-10,15-16H,11-14H2,1H3,(H,31,32)(H2,30,33,35). The molecule has 0 saturated carbocycles. The zero-order valence-corrected chi connectivity index (χ0v) is 20.5. The van der Waals surface area contributed by atoms with E-state index in [9.17, 15) is 4.79 Å². The maximum atomic E-state index is 13.4. The number of pyridine rings is 2. The van der Waals surface area contributed by atoms with Gasteiger partial charge >= 0.3 is 0 Å². The number of ether oxygens (including phenoxy) is 1. The zero-order valence-electron chi connectivity index (χ0n) is 19.7. The van der Waals surface area contributed by atoms with Crippen molar-refractivity contribution in [1.29, 1.82) is 0 Å². The highest BCUT2D eigenvalue weighted by Gasteiger charge is 2.22. The van der Waals surface area contributed by atoms with Gasteiger partial charge in [-0.15, -0.1) is 0 Å². The van der Waals surface area contributed by atoms with Crippen molar-refractivity contribution >= 4 is 44.9 Å². The van der Waals surface area contributed by atoms with Crippen molar-refractivity contribution in [2.24, 2.45) is 0 Å². The maximum absolute atomic E-state index is 13.4. The van der Waals surface area contributed by atoms with E-state index in [1.807, 2.05) is 49.4 Å². The highest BCUT2D eigenvalue weighted by molar-refractivity contribution is 6.36. The van der Waals surface area contributed by atoms with Gasteiger partial charge in [0.15, 0.2) is 0 Å². The number of aromatic nitrogens is 4. The summed E-state index contributed by atoms with van der Waals surface area (Å²) in [5.41, 5.74) is 5.00. The highest BCUT2D eigenvalue weighted by atomic mass is 35.5. The number of morpholine rings is 1. The normalized spacial score (nSPS) is 14.9. The molecular formula is C27H25ClN6O2. The number of aromatic amines is 2. The van der Waals surface area contributed by atoms with E-state index < -0.39 is 0 Å². The monoisotopic (exact) mass is 500 g/mol. The van der Waals surface area contributed by atoms with Crippen LogP contribution in [0.5, 0.6) is 0 Å². The molecule has 0 amide bonds. The van der Waals surface area contributed by atoms with Crippen molar-refractivity contribution in [3.8, 4) is 11.4 Å². The van der Waals surface area contributed by atoms with Gasteiger partial charge in [0.05, 0.1) is 52.2 Å². The van der Waals surface area contributed by atoms with Gasteiger partial charge < -0.3 is 24.9 Å². The second-order valence-electron chi connectivity index (χ2n) is 8.87. The largest absolute Gasteiger partial charge is 0.378 e. The van der Waals surface area contributed by atoms with E-state index in [2.05, 4.69) is 37.3 Å². The fraction of sp³-hybridized carbons (Fsp3) is 0.222. The maximum Gasteiger partial charge on any atom is 0.261 e. The molecule has 1 aliphatic heterocycles. The Morgan fingerprint density at radius 1 is 1.06 bits per heavy atom. The third kappa shape index (κ3) is 4.08. The van der Waals surface area contributed by atoms with Crippen molar-refractivity contribution in [1.82, 2.24) is 19.9 Å². The molecule has 0 radical (unpaired) electrons. The summed E-state index contributed by atoms with van der Waals surface area (Å²) in [5.74, 6) is 0.475. The Hall–Kier alpha value is -3.88. The molecule has 1 atom stereocenters. The number of hydrogen-bond acceptors (Lipinski definition) is 6. The fourth-order valence-corrected chi connectivity index (χ4v) is 5.00. The highest BCUT2D eigenvalue weighted by Crippen LogP contribution is 2.37. The Kier molecular flexibility index (Phi) is 5.83. The second kappa shape index (κ2) is 9.29. The predicted molar refractivity (Wildman–Crippen MR) is 144 cm³/mol. The van der Waals surface area contributed by atoms with Crippen LogP contribution in [0.25, 0.3) is 33.3 Å². The number of rotatable bonds is 5. The van der Waals surface area contributed by atoms with Gasteiger partial charge in [-0.05, 0) is 49.4 Å². The van der Waals surface area contributed by atoms with Gasteiger partial charge in [0, 0.05) is 30.4 Å². The quantitative estimate of drug-likeness (QED) is 0.309. The molecule has 1 unspecified atom stereocenters. The number of halogens is 1. The van der Waals surface area contributed by atoms with Crippen LogP contribution >= 0.6 is 11.6 Å². The first-order valence-corrected chi connectivity index (χ1v) is 12.3. The van der Waals surface area contributed by atoms with E-state index in [1.54, 1.807) is 6.20 Å². The summed E-state index contributed by atoms with van der Waals surface area (Å²) in [5, 5.41) is 4.77. The van der Waals surface area contributed by atoms with Gasteiger partial charge in [0.2, 0.25) is 0 Å². The fourth-order valence-electron chi connectivity index (χ4n) is 4.73. The first-order chi connectivity index (χ1) is 17.6. The number of nitrogens with zero attached hydrogens (tertiary/aromatic N) is 3. The molecule has 3 aromatic heterocycles. The summed E-state index contributed by atoms with van der Waals surface area (Å²) >= 11 is 6.66. The minimum absolute atomic E-state index is 0.177. The minimum Gasteiger partial charge on any atom is -0.378 e. The average molecular weight is 501 g/mol. The van der Waals surface area contributed by atoms with Gasteiger partial charge in [-0.2, -0.15) is 0 Å². The van der Waals surface area contributed by atoms with Crippen LogP contribution in [0.1, 0.15) is 18.7 Å². The third-order valence-corrected chi connectivity index (χ3v) is 6.87. The van der Waals surface area contributed by atoms with Gasteiger partial charge in [-0.3, -0.25) is 9.78 Å². The van der Waals surface area contributed by atoms with Crippen LogP contribution in [0.3, 0.4) is 0 Å². The molecule has 1 aliphatic rings. The molecule has 8 nitrogen and oxygen atoms in total. The van der Waals surface area contributed by atoms with E-state index in [4.69, 9.17) is 21.3 Å². The minimum atomic E-state index is -0.257. The van der Waals surface area contributed by atoms with E-state index in [1.165, 1.54) is 0 Å². The molecule has 5 aromatic rings. The third-order valence-electron chi connectivity index (χ3n) is 6.56. The smallest absolute Gasteiger partial charge is 0.261 e. The molecule has 182 valence electrons. The van der Waals surface area contributed by atoms with Crippen LogP contribution < -0.4 is 15.8 Å². The van der Waals surface area contributed by atoms with Crippen molar-refractivity contribution < 1.29 is 4.74 Å². The molecule has 4 heterocycles. The summed E-state index contributed by atoms with van der Waals surface area (Å²) in [6.07, 6.45) is 1.75. The van der Waals surface area contributed by atoms with Gasteiger partial charge in [0.25, 0.3) is 5.56 Å². The van der Waals surface area contributed by atoms with Crippen LogP contribution in [0.2, 0.25) is 5.02 Å². The summed E-state index contributed by atoms with van der Waals surface area (Å²) in [6, 6.07) is 17.2. The number of nitrogens with one attached hydrogen (secondary N) is 3. The van der Waals surface area contributed by atoms with Crippen molar-refractivity contribution in [2.75, 3.05) is 36.5 Å². The molecule has 36 heavy (non-hydrogen) atoms. The van der Waals surface area contributed by atoms with E-state index in [-0.39, 0.29) is 11.6 Å². The molecule has 1 saturated heterocycles. The van der Waals surface area contributed by atoms with E-state index in [0.717, 1.165) is 40.9 Å². The van der Waals surface area contributed by atoms with Crippen LogP contribution in [-0.4, -0.2) is 46.2 Å².